The van der Waals surface area contributed by atoms with Crippen LogP contribution in [0.2, 0.25) is 0 Å². The van der Waals surface area contributed by atoms with E-state index in [1.54, 1.807) is 0 Å². The number of β-amino-alcohol motifs (C(OH)–C–C–N with tert-alkyl or cyclic N) is 1. The largest absolute Gasteiger partial charge is 0.395 e. The number of hydrogen-bond acceptors (Lipinski definition) is 4. The molecular formula is C12H25N3OS. The van der Waals surface area contributed by atoms with Crippen LogP contribution in [0.25, 0.3) is 0 Å². The predicted molar refractivity (Wildman–Crippen MR) is 75.1 cm³/mol. The van der Waals surface area contributed by atoms with Gasteiger partial charge in [0.05, 0.1) is 11.6 Å². The molecule has 0 amide bonds. The summed E-state index contributed by atoms with van der Waals surface area (Å²) in [5, 5.41) is 8.87. The molecule has 0 saturated carbocycles. The standard InChI is InChI=1S/C12H25N3OS/c1-12(2,11(13)17)3-4-14-5-7-15(8-6-14)9-10-16/h16H,3-10H2,1-2H3,(H2,13,17). The van der Waals surface area contributed by atoms with Gasteiger partial charge >= 0.3 is 0 Å². The summed E-state index contributed by atoms with van der Waals surface area (Å²) in [6, 6.07) is 0. The number of rotatable bonds is 6. The smallest absolute Gasteiger partial charge is 0.0784 e. The van der Waals surface area contributed by atoms with E-state index >= 15 is 0 Å². The molecule has 100 valence electrons. The Morgan fingerprint density at radius 2 is 1.65 bits per heavy atom. The number of nitrogens with two attached hydrogens (primary N) is 1. The summed E-state index contributed by atoms with van der Waals surface area (Å²) in [5.74, 6) is 0. The summed E-state index contributed by atoms with van der Waals surface area (Å²) in [7, 11) is 0. The van der Waals surface area contributed by atoms with Crippen LogP contribution in [0.4, 0.5) is 0 Å². The van der Waals surface area contributed by atoms with Gasteiger partial charge in [-0.3, -0.25) is 4.90 Å². The summed E-state index contributed by atoms with van der Waals surface area (Å²) in [5.41, 5.74) is 5.68. The van der Waals surface area contributed by atoms with Crippen molar-refractivity contribution in [1.82, 2.24) is 9.80 Å². The van der Waals surface area contributed by atoms with Crippen molar-refractivity contribution >= 4 is 17.2 Å². The third-order valence-electron chi connectivity index (χ3n) is 3.60. The fourth-order valence-corrected chi connectivity index (χ4v) is 2.04. The monoisotopic (exact) mass is 259 g/mol. The van der Waals surface area contributed by atoms with Gasteiger partial charge in [0, 0.05) is 38.1 Å². The van der Waals surface area contributed by atoms with Crippen molar-refractivity contribution in [2.24, 2.45) is 11.1 Å². The molecule has 5 heteroatoms. The number of hydrogen-bond donors (Lipinski definition) is 2. The third-order valence-corrected chi connectivity index (χ3v) is 4.15. The first-order chi connectivity index (χ1) is 7.95. The van der Waals surface area contributed by atoms with Gasteiger partial charge in [-0.2, -0.15) is 0 Å². The van der Waals surface area contributed by atoms with E-state index in [0.29, 0.717) is 4.99 Å². The van der Waals surface area contributed by atoms with Gasteiger partial charge in [0.2, 0.25) is 0 Å². The fourth-order valence-electron chi connectivity index (χ4n) is 1.94. The average Bonchev–Trinajstić information content (AvgIpc) is 2.28. The highest BCUT2D eigenvalue weighted by Crippen LogP contribution is 2.21. The number of aliphatic hydroxyl groups excluding tert-OH is 1. The van der Waals surface area contributed by atoms with Gasteiger partial charge < -0.3 is 15.7 Å². The van der Waals surface area contributed by atoms with Gasteiger partial charge in [0.15, 0.2) is 0 Å². The molecule has 0 aromatic rings. The summed E-state index contributed by atoms with van der Waals surface area (Å²) < 4.78 is 0. The molecule has 4 nitrogen and oxygen atoms in total. The first-order valence-corrected chi connectivity index (χ1v) is 6.72. The van der Waals surface area contributed by atoms with Crippen molar-refractivity contribution in [3.8, 4) is 0 Å². The van der Waals surface area contributed by atoms with E-state index in [-0.39, 0.29) is 12.0 Å². The summed E-state index contributed by atoms with van der Waals surface area (Å²) in [6.07, 6.45) is 1.02. The van der Waals surface area contributed by atoms with Crippen LogP contribution in [0.15, 0.2) is 0 Å². The zero-order valence-electron chi connectivity index (χ0n) is 11.0. The van der Waals surface area contributed by atoms with Crippen LogP contribution in [0.5, 0.6) is 0 Å². The fraction of sp³-hybridized carbons (Fsp3) is 0.917. The molecular weight excluding hydrogens is 234 g/mol. The van der Waals surface area contributed by atoms with Crippen LogP contribution in [0.3, 0.4) is 0 Å². The lowest BCUT2D eigenvalue weighted by molar-refractivity contribution is 0.107. The molecule has 0 atom stereocenters. The highest BCUT2D eigenvalue weighted by atomic mass is 32.1. The van der Waals surface area contributed by atoms with Gasteiger partial charge in [0.1, 0.15) is 0 Å². The normalized spacial score (nSPS) is 19.5. The Balaban J connectivity index is 2.25. The second kappa shape index (κ2) is 6.64. The summed E-state index contributed by atoms with van der Waals surface area (Å²) >= 11 is 5.07. The van der Waals surface area contributed by atoms with Gasteiger partial charge in [-0.15, -0.1) is 0 Å². The van der Waals surface area contributed by atoms with Crippen molar-refractivity contribution in [2.45, 2.75) is 20.3 Å². The lowest BCUT2D eigenvalue weighted by Crippen LogP contribution is -2.48. The molecule has 1 rings (SSSR count). The van der Waals surface area contributed by atoms with Gasteiger partial charge in [-0.1, -0.05) is 26.1 Å². The molecule has 1 aliphatic rings. The van der Waals surface area contributed by atoms with E-state index in [1.807, 2.05) is 0 Å². The van der Waals surface area contributed by atoms with Crippen molar-refractivity contribution in [1.29, 1.82) is 0 Å². The van der Waals surface area contributed by atoms with Gasteiger partial charge in [0.25, 0.3) is 0 Å². The van der Waals surface area contributed by atoms with Crippen molar-refractivity contribution in [3.05, 3.63) is 0 Å². The van der Waals surface area contributed by atoms with Crippen LogP contribution in [-0.4, -0.2) is 65.8 Å². The Bertz CT molecular complexity index is 250. The number of piperazine rings is 1. The van der Waals surface area contributed by atoms with Crippen LogP contribution >= 0.6 is 12.2 Å². The number of nitrogens with zero attached hydrogens (tertiary/aromatic N) is 2. The molecule has 1 saturated heterocycles. The van der Waals surface area contributed by atoms with Crippen LogP contribution in [-0.2, 0) is 0 Å². The molecule has 0 aromatic carbocycles. The van der Waals surface area contributed by atoms with E-state index in [4.69, 9.17) is 23.1 Å². The molecule has 0 spiro atoms. The maximum absolute atomic E-state index is 8.87. The number of aliphatic hydroxyl groups is 1. The number of thiocarbonyl (C=S) groups is 1. The molecule has 17 heavy (non-hydrogen) atoms. The first kappa shape index (κ1) is 14.8. The first-order valence-electron chi connectivity index (χ1n) is 6.31. The predicted octanol–water partition coefficient (Wildman–Crippen LogP) is 0.299. The minimum Gasteiger partial charge on any atom is -0.395 e. The lowest BCUT2D eigenvalue weighted by Gasteiger charge is -2.36. The average molecular weight is 259 g/mol. The molecule has 0 aliphatic carbocycles. The van der Waals surface area contributed by atoms with Gasteiger partial charge in [-0.05, 0) is 13.0 Å². The second-order valence-corrected chi connectivity index (χ2v) is 5.84. The Labute approximate surface area is 110 Å². The SMILES string of the molecule is CC(C)(CCN1CCN(CCO)CC1)C(N)=S. The maximum Gasteiger partial charge on any atom is 0.0784 e. The minimum atomic E-state index is -0.0441. The third kappa shape index (κ3) is 4.87. The van der Waals surface area contributed by atoms with Crippen molar-refractivity contribution < 1.29 is 5.11 Å². The van der Waals surface area contributed by atoms with Crippen molar-refractivity contribution in [3.63, 3.8) is 0 Å². The lowest BCUT2D eigenvalue weighted by atomic mass is 9.89. The van der Waals surface area contributed by atoms with E-state index in [2.05, 4.69) is 23.6 Å². The quantitative estimate of drug-likeness (QED) is 0.672. The van der Waals surface area contributed by atoms with Crippen molar-refractivity contribution in [2.75, 3.05) is 45.9 Å². The van der Waals surface area contributed by atoms with Crippen LogP contribution in [0.1, 0.15) is 20.3 Å². The Hall–Kier alpha value is -0.230. The van der Waals surface area contributed by atoms with E-state index in [1.165, 1.54) is 0 Å². The van der Waals surface area contributed by atoms with E-state index in [0.717, 1.165) is 45.7 Å². The van der Waals surface area contributed by atoms with Crippen LogP contribution < -0.4 is 5.73 Å². The zero-order chi connectivity index (χ0) is 12.9. The van der Waals surface area contributed by atoms with E-state index < -0.39 is 0 Å². The van der Waals surface area contributed by atoms with E-state index in [9.17, 15) is 0 Å². The molecule has 1 fully saturated rings. The highest BCUT2D eigenvalue weighted by Gasteiger charge is 2.23. The summed E-state index contributed by atoms with van der Waals surface area (Å²) in [4.78, 5) is 5.36. The molecule has 3 N–H and O–H groups in total. The Morgan fingerprint density at radius 3 is 2.06 bits per heavy atom. The molecule has 0 radical (unpaired) electrons. The molecule has 0 aromatic heterocycles. The van der Waals surface area contributed by atoms with Gasteiger partial charge in [-0.25, -0.2) is 0 Å². The zero-order valence-corrected chi connectivity index (χ0v) is 11.8. The van der Waals surface area contributed by atoms with Crippen LogP contribution in [0, 0.1) is 5.41 Å². The Morgan fingerprint density at radius 1 is 1.18 bits per heavy atom. The molecule has 1 heterocycles. The second-order valence-electron chi connectivity index (χ2n) is 5.41. The highest BCUT2D eigenvalue weighted by molar-refractivity contribution is 7.80. The minimum absolute atomic E-state index is 0.0441. The topological polar surface area (TPSA) is 52.7 Å². The Kier molecular flexibility index (Phi) is 5.79. The summed E-state index contributed by atoms with van der Waals surface area (Å²) in [6.45, 7) is 10.6. The molecule has 0 bridgehead atoms. The molecule has 0 unspecified atom stereocenters. The molecule has 1 aliphatic heterocycles. The maximum atomic E-state index is 8.87.